The van der Waals surface area contributed by atoms with Crippen LogP contribution in [-0.2, 0) is 17.8 Å². The fourth-order valence-corrected chi connectivity index (χ4v) is 4.46. The van der Waals surface area contributed by atoms with Crippen molar-refractivity contribution in [2.24, 2.45) is 0 Å². The number of hydrogen-bond donors (Lipinski definition) is 2. The number of hydrogen-bond acceptors (Lipinski definition) is 5. The van der Waals surface area contributed by atoms with Gasteiger partial charge in [0, 0.05) is 17.7 Å². The highest BCUT2D eigenvalue weighted by Gasteiger charge is 2.63. The average molecular weight is 417 g/mol. The van der Waals surface area contributed by atoms with E-state index in [1.54, 1.807) is 30.8 Å². The maximum atomic E-state index is 12.9. The van der Waals surface area contributed by atoms with Crippen molar-refractivity contribution in [1.29, 1.82) is 0 Å². The third-order valence-corrected chi connectivity index (χ3v) is 6.28. The van der Waals surface area contributed by atoms with Gasteiger partial charge in [-0.05, 0) is 36.4 Å². The Bertz CT molecular complexity index is 873. The zero-order chi connectivity index (χ0) is 21.1. The van der Waals surface area contributed by atoms with Gasteiger partial charge >= 0.3 is 12.2 Å². The van der Waals surface area contributed by atoms with E-state index >= 15 is 0 Å². The fraction of sp³-hybridized carbons (Fsp3) is 0.364. The SMILES string of the molecule is CSc1ccc(CC2(O)C[C@@H](C)[N+](C(=O)O)(C(=O)OCc3ccccc3)C2)cc1. The smallest absolute Gasteiger partial charge is 0.435 e. The van der Waals surface area contributed by atoms with Crippen molar-refractivity contribution < 1.29 is 29.0 Å². The van der Waals surface area contributed by atoms with Crippen LogP contribution in [0.5, 0.6) is 0 Å². The average Bonchev–Trinajstić information content (AvgIpc) is 2.98. The summed E-state index contributed by atoms with van der Waals surface area (Å²) in [5.74, 6) is 0. The van der Waals surface area contributed by atoms with Gasteiger partial charge in [-0.1, -0.05) is 42.5 Å². The normalized spacial score (nSPS) is 26.2. The van der Waals surface area contributed by atoms with Gasteiger partial charge in [0.1, 0.15) is 24.8 Å². The van der Waals surface area contributed by atoms with E-state index in [0.717, 1.165) is 16.0 Å². The molecule has 3 atom stereocenters. The molecule has 1 saturated heterocycles. The molecule has 2 aromatic carbocycles. The molecule has 2 aromatic rings. The third-order valence-electron chi connectivity index (χ3n) is 5.54. The first kappa shape index (κ1) is 21.4. The number of aliphatic hydroxyl groups is 1. The lowest BCUT2D eigenvalue weighted by Gasteiger charge is -2.29. The van der Waals surface area contributed by atoms with Crippen molar-refractivity contribution in [3.8, 4) is 0 Å². The molecule has 3 rings (SSSR count). The number of imide groups is 1. The Morgan fingerprint density at radius 1 is 1.14 bits per heavy atom. The van der Waals surface area contributed by atoms with Gasteiger partial charge in [-0.25, -0.2) is 0 Å². The first-order valence-electron chi connectivity index (χ1n) is 9.47. The Morgan fingerprint density at radius 2 is 1.79 bits per heavy atom. The summed E-state index contributed by atoms with van der Waals surface area (Å²) in [6, 6.07) is 16.3. The number of carbonyl (C=O) groups excluding carboxylic acids is 1. The van der Waals surface area contributed by atoms with Crippen LogP contribution < -0.4 is 0 Å². The lowest BCUT2D eigenvalue weighted by atomic mass is 9.92. The molecule has 1 aliphatic rings. The van der Waals surface area contributed by atoms with Gasteiger partial charge in [-0.15, -0.1) is 16.2 Å². The Balaban J connectivity index is 1.77. The quantitative estimate of drug-likeness (QED) is 0.558. The highest BCUT2D eigenvalue weighted by atomic mass is 32.2. The van der Waals surface area contributed by atoms with E-state index in [9.17, 15) is 19.8 Å². The van der Waals surface area contributed by atoms with E-state index in [4.69, 9.17) is 4.74 Å². The number of ether oxygens (including phenoxy) is 1. The summed E-state index contributed by atoms with van der Waals surface area (Å²) < 4.78 is 4.44. The first-order valence-corrected chi connectivity index (χ1v) is 10.7. The first-order chi connectivity index (χ1) is 13.8. The van der Waals surface area contributed by atoms with Crippen LogP contribution in [0.2, 0.25) is 0 Å². The number of benzene rings is 2. The molecule has 1 fully saturated rings. The summed E-state index contributed by atoms with van der Waals surface area (Å²) in [5.41, 5.74) is 0.380. The lowest BCUT2D eigenvalue weighted by molar-refractivity contribution is -0.798. The second-order valence-electron chi connectivity index (χ2n) is 7.65. The number of likely N-dealkylation sites (tertiary alicyclic amines) is 1. The van der Waals surface area contributed by atoms with Gasteiger partial charge in [0.25, 0.3) is 0 Å². The highest BCUT2D eigenvalue weighted by molar-refractivity contribution is 7.98. The lowest BCUT2D eigenvalue weighted by Crippen LogP contribution is -2.60. The molecular weight excluding hydrogens is 390 g/mol. The van der Waals surface area contributed by atoms with Crippen LogP contribution in [-0.4, -0.2) is 51.3 Å². The Hall–Kier alpha value is -2.35. The Labute approximate surface area is 174 Å². The van der Waals surface area contributed by atoms with Crippen molar-refractivity contribution in [2.75, 3.05) is 12.8 Å². The molecule has 0 spiro atoms. The van der Waals surface area contributed by atoms with Gasteiger partial charge in [0.15, 0.2) is 0 Å². The van der Waals surface area contributed by atoms with E-state index in [-0.39, 0.29) is 26.0 Å². The highest BCUT2D eigenvalue weighted by Crippen LogP contribution is 2.38. The molecule has 7 heteroatoms. The minimum absolute atomic E-state index is 0.00571. The van der Waals surface area contributed by atoms with Crippen molar-refractivity contribution in [2.45, 2.75) is 42.9 Å². The van der Waals surface area contributed by atoms with Gasteiger partial charge in [-0.2, -0.15) is 9.59 Å². The number of quaternary nitrogens is 1. The molecule has 29 heavy (non-hydrogen) atoms. The van der Waals surface area contributed by atoms with E-state index in [1.165, 1.54) is 0 Å². The number of carbonyl (C=O) groups is 2. The maximum Gasteiger partial charge on any atom is 0.527 e. The number of thioether (sulfide) groups is 1. The van der Waals surface area contributed by atoms with Crippen molar-refractivity contribution in [1.82, 2.24) is 0 Å². The molecule has 0 aliphatic carbocycles. The Kier molecular flexibility index (Phi) is 6.31. The van der Waals surface area contributed by atoms with Crippen molar-refractivity contribution in [3.05, 3.63) is 65.7 Å². The summed E-state index contributed by atoms with van der Waals surface area (Å²) >= 11 is 1.63. The monoisotopic (exact) mass is 416 g/mol. The summed E-state index contributed by atoms with van der Waals surface area (Å²) in [7, 11) is 0. The molecule has 2 N–H and O–H groups in total. The number of nitrogens with zero attached hydrogens (tertiary/aromatic N) is 1. The Morgan fingerprint density at radius 3 is 2.38 bits per heavy atom. The molecule has 0 bridgehead atoms. The predicted octanol–water partition coefficient (Wildman–Crippen LogP) is 4.31. The van der Waals surface area contributed by atoms with Crippen LogP contribution in [0.25, 0.3) is 0 Å². The maximum absolute atomic E-state index is 12.9. The fourth-order valence-electron chi connectivity index (χ4n) is 4.06. The van der Waals surface area contributed by atoms with Crippen LogP contribution >= 0.6 is 11.8 Å². The van der Waals surface area contributed by atoms with Crippen molar-refractivity contribution in [3.63, 3.8) is 0 Å². The summed E-state index contributed by atoms with van der Waals surface area (Å²) in [5, 5.41) is 21.1. The van der Waals surface area contributed by atoms with Crippen LogP contribution in [0.4, 0.5) is 9.59 Å². The minimum Gasteiger partial charge on any atom is -0.435 e. The number of amides is 2. The van der Waals surface area contributed by atoms with Gasteiger partial charge < -0.3 is 14.9 Å². The molecule has 1 aliphatic heterocycles. The standard InChI is InChI=1S/C22H25NO5S/c1-16-12-22(27,13-17-8-10-19(29-2)11-9-17)15-23(16,20(24)25)21(26)28-14-18-6-4-3-5-7-18/h3-11,16,27H,12-15H2,1-2H3/p+1/t16-,22?,23?/m1/s1. The van der Waals surface area contributed by atoms with Gasteiger partial charge in [0.05, 0.1) is 0 Å². The molecule has 1 heterocycles. The second kappa shape index (κ2) is 8.57. The number of carboxylic acid groups (broad SMARTS) is 1. The molecule has 2 unspecified atom stereocenters. The largest absolute Gasteiger partial charge is 0.527 e. The zero-order valence-electron chi connectivity index (χ0n) is 16.6. The van der Waals surface area contributed by atoms with Gasteiger partial charge in [-0.3, -0.25) is 0 Å². The summed E-state index contributed by atoms with van der Waals surface area (Å²) in [6.45, 7) is 1.45. The van der Waals surface area contributed by atoms with E-state index in [1.807, 2.05) is 48.7 Å². The summed E-state index contributed by atoms with van der Waals surface area (Å²) in [6.07, 6.45) is 0.322. The van der Waals surface area contributed by atoms with E-state index in [2.05, 4.69) is 0 Å². The summed E-state index contributed by atoms with van der Waals surface area (Å²) in [4.78, 5) is 26.2. The molecule has 0 saturated carbocycles. The van der Waals surface area contributed by atoms with Crippen LogP contribution in [0, 0.1) is 0 Å². The predicted molar refractivity (Wildman–Crippen MR) is 111 cm³/mol. The topological polar surface area (TPSA) is 83.8 Å². The molecule has 6 nitrogen and oxygen atoms in total. The van der Waals surface area contributed by atoms with Crippen molar-refractivity contribution >= 4 is 23.9 Å². The second-order valence-corrected chi connectivity index (χ2v) is 8.53. The molecule has 154 valence electrons. The van der Waals surface area contributed by atoms with Crippen LogP contribution in [0.1, 0.15) is 24.5 Å². The van der Waals surface area contributed by atoms with E-state index in [0.29, 0.717) is 0 Å². The van der Waals surface area contributed by atoms with Crippen LogP contribution in [0.3, 0.4) is 0 Å². The molecule has 0 aromatic heterocycles. The molecule has 0 radical (unpaired) electrons. The van der Waals surface area contributed by atoms with E-state index < -0.39 is 28.3 Å². The molecular formula is C22H26NO5S+. The third kappa shape index (κ3) is 4.47. The zero-order valence-corrected chi connectivity index (χ0v) is 17.4. The van der Waals surface area contributed by atoms with Gasteiger partial charge in [0.2, 0.25) is 0 Å². The number of rotatable bonds is 5. The molecule has 2 amide bonds. The minimum atomic E-state index is -1.30. The van der Waals surface area contributed by atoms with Crippen LogP contribution in [0.15, 0.2) is 59.5 Å².